The van der Waals surface area contributed by atoms with E-state index in [-0.39, 0.29) is 12.2 Å². The molecule has 0 unspecified atom stereocenters. The second-order valence-corrected chi connectivity index (χ2v) is 9.59. The molecule has 32 heavy (non-hydrogen) atoms. The molecule has 1 fully saturated rings. The van der Waals surface area contributed by atoms with Gasteiger partial charge in [-0.2, -0.15) is 8.78 Å². The largest absolute Gasteiger partial charge is 0.433 e. The summed E-state index contributed by atoms with van der Waals surface area (Å²) >= 11 is 0. The second-order valence-electron chi connectivity index (χ2n) is 9.59. The maximum Gasteiger partial charge on any atom is 0.398 e. The molecule has 2 aromatic carbocycles. The Hall–Kier alpha value is -1.90. The quantitative estimate of drug-likeness (QED) is 0.298. The van der Waals surface area contributed by atoms with Crippen LogP contribution in [0.3, 0.4) is 0 Å². The summed E-state index contributed by atoms with van der Waals surface area (Å²) < 4.78 is 33.7. The lowest BCUT2D eigenvalue weighted by molar-refractivity contribution is -0.180. The summed E-state index contributed by atoms with van der Waals surface area (Å²) in [6.45, 7) is 4.37. The first kappa shape index (κ1) is 24.7. The fraction of sp³-hybridized carbons (Fsp3) is 0.586. The van der Waals surface area contributed by atoms with Gasteiger partial charge in [0.1, 0.15) is 5.75 Å². The molecule has 1 saturated carbocycles. The Morgan fingerprint density at radius 2 is 1.41 bits per heavy atom. The molecule has 2 aromatic rings. The first-order chi connectivity index (χ1) is 15.5. The van der Waals surface area contributed by atoms with Crippen molar-refractivity contribution in [1.29, 1.82) is 0 Å². The molecular weight excluding hydrogens is 402 g/mol. The molecule has 1 aliphatic carbocycles. The van der Waals surface area contributed by atoms with E-state index in [0.717, 1.165) is 29.9 Å². The molecule has 0 N–H and O–H groups in total. The minimum atomic E-state index is -3.17. The Balaban J connectivity index is 1.44. The Labute approximate surface area is 193 Å². The molecule has 0 saturated heterocycles. The Kier molecular flexibility index (Phi) is 9.56. The van der Waals surface area contributed by atoms with Gasteiger partial charge in [-0.3, -0.25) is 0 Å². The summed E-state index contributed by atoms with van der Waals surface area (Å²) in [5.41, 5.74) is 3.47. The summed E-state index contributed by atoms with van der Waals surface area (Å²) in [5, 5.41) is 0. The molecule has 0 bridgehead atoms. The standard InChI is InChI=1S/C29H40F2O/c1-3-5-6-8-24-9-15-26(16-10-24)27-17-11-25(12-18-27)21-22-29(30,31)32-28-19-13-23(7-4-2)14-20-28/h11-14,17-20,24,26H,3-10,15-16,21-22H2,1-2H3. The Morgan fingerprint density at radius 3 is 2.03 bits per heavy atom. The normalized spacial score (nSPS) is 19.1. The Morgan fingerprint density at radius 1 is 0.781 bits per heavy atom. The van der Waals surface area contributed by atoms with Crippen LogP contribution in [0.15, 0.2) is 48.5 Å². The topological polar surface area (TPSA) is 9.23 Å². The van der Waals surface area contributed by atoms with Crippen molar-refractivity contribution >= 4 is 0 Å². The number of hydrogen-bond donors (Lipinski definition) is 0. The third-order valence-electron chi connectivity index (χ3n) is 6.95. The zero-order valence-corrected chi connectivity index (χ0v) is 19.9. The second kappa shape index (κ2) is 12.4. The number of ether oxygens (including phenoxy) is 1. The predicted molar refractivity (Wildman–Crippen MR) is 130 cm³/mol. The SMILES string of the molecule is CCCCCC1CCC(c2ccc(CCC(F)(F)Oc3ccc(CCC)cc3)cc2)CC1. The monoisotopic (exact) mass is 442 g/mol. The molecule has 3 heteroatoms. The average molecular weight is 443 g/mol. The van der Waals surface area contributed by atoms with E-state index in [4.69, 9.17) is 4.74 Å². The van der Waals surface area contributed by atoms with Crippen LogP contribution >= 0.6 is 0 Å². The van der Waals surface area contributed by atoms with Crippen molar-refractivity contribution in [1.82, 2.24) is 0 Å². The van der Waals surface area contributed by atoms with Crippen molar-refractivity contribution in [3.63, 3.8) is 0 Å². The summed E-state index contributed by atoms with van der Waals surface area (Å²) in [5.74, 6) is 1.77. The highest BCUT2D eigenvalue weighted by Crippen LogP contribution is 2.38. The number of unbranched alkanes of at least 4 members (excludes halogenated alkanes) is 2. The van der Waals surface area contributed by atoms with Gasteiger partial charge in [0.15, 0.2) is 0 Å². The number of hydrogen-bond acceptors (Lipinski definition) is 1. The van der Waals surface area contributed by atoms with Crippen molar-refractivity contribution in [2.45, 2.75) is 103 Å². The Bertz CT molecular complexity index is 774. The van der Waals surface area contributed by atoms with E-state index >= 15 is 0 Å². The number of aryl methyl sites for hydroxylation is 2. The van der Waals surface area contributed by atoms with Gasteiger partial charge < -0.3 is 4.74 Å². The molecule has 3 rings (SSSR count). The van der Waals surface area contributed by atoms with Crippen molar-refractivity contribution in [3.8, 4) is 5.75 Å². The lowest BCUT2D eigenvalue weighted by Gasteiger charge is -2.29. The number of benzene rings is 2. The van der Waals surface area contributed by atoms with Gasteiger partial charge in [0, 0.05) is 0 Å². The maximum absolute atomic E-state index is 14.3. The van der Waals surface area contributed by atoms with E-state index < -0.39 is 6.11 Å². The van der Waals surface area contributed by atoms with Crippen LogP contribution in [0.5, 0.6) is 5.75 Å². The van der Waals surface area contributed by atoms with Gasteiger partial charge in [-0.05, 0) is 79.2 Å². The number of halogens is 2. The van der Waals surface area contributed by atoms with E-state index in [1.807, 2.05) is 24.3 Å². The third kappa shape index (κ3) is 7.90. The summed E-state index contributed by atoms with van der Waals surface area (Å²) in [6.07, 6.45) is 9.43. The molecule has 0 atom stereocenters. The summed E-state index contributed by atoms with van der Waals surface area (Å²) in [6, 6.07) is 15.4. The van der Waals surface area contributed by atoms with Crippen molar-refractivity contribution in [3.05, 3.63) is 65.2 Å². The summed E-state index contributed by atoms with van der Waals surface area (Å²) in [7, 11) is 0. The molecule has 176 valence electrons. The van der Waals surface area contributed by atoms with E-state index in [9.17, 15) is 8.78 Å². The van der Waals surface area contributed by atoms with E-state index in [1.165, 1.54) is 56.9 Å². The lowest BCUT2D eigenvalue weighted by Crippen LogP contribution is -2.25. The molecule has 0 heterocycles. The number of rotatable bonds is 12. The first-order valence-corrected chi connectivity index (χ1v) is 12.7. The molecular formula is C29H40F2O. The van der Waals surface area contributed by atoms with E-state index in [1.54, 1.807) is 12.1 Å². The van der Waals surface area contributed by atoms with Crippen LogP contribution in [0.4, 0.5) is 8.78 Å². The van der Waals surface area contributed by atoms with Crippen molar-refractivity contribution < 1.29 is 13.5 Å². The fourth-order valence-electron chi connectivity index (χ4n) is 4.95. The molecule has 1 aliphatic rings. The van der Waals surface area contributed by atoms with Gasteiger partial charge >= 0.3 is 6.11 Å². The van der Waals surface area contributed by atoms with Crippen LogP contribution < -0.4 is 4.74 Å². The summed E-state index contributed by atoms with van der Waals surface area (Å²) in [4.78, 5) is 0. The molecule has 0 amide bonds. The van der Waals surface area contributed by atoms with Crippen LogP contribution in [0.25, 0.3) is 0 Å². The van der Waals surface area contributed by atoms with Crippen molar-refractivity contribution in [2.24, 2.45) is 5.92 Å². The predicted octanol–water partition coefficient (Wildman–Crippen LogP) is 9.10. The molecule has 0 radical (unpaired) electrons. The molecule has 1 nitrogen and oxygen atoms in total. The van der Waals surface area contributed by atoms with E-state index in [2.05, 4.69) is 26.0 Å². The molecule has 0 spiro atoms. The van der Waals surface area contributed by atoms with Crippen LogP contribution in [0, 0.1) is 5.92 Å². The van der Waals surface area contributed by atoms with Crippen LogP contribution in [0.2, 0.25) is 0 Å². The van der Waals surface area contributed by atoms with Gasteiger partial charge in [-0.15, -0.1) is 0 Å². The lowest BCUT2D eigenvalue weighted by atomic mass is 9.77. The maximum atomic E-state index is 14.3. The smallest absolute Gasteiger partial charge is 0.398 e. The van der Waals surface area contributed by atoms with Crippen LogP contribution in [-0.2, 0) is 12.8 Å². The van der Waals surface area contributed by atoms with Crippen LogP contribution in [0.1, 0.15) is 101 Å². The van der Waals surface area contributed by atoms with Crippen molar-refractivity contribution in [2.75, 3.05) is 0 Å². The van der Waals surface area contributed by atoms with Gasteiger partial charge in [-0.25, -0.2) is 0 Å². The van der Waals surface area contributed by atoms with Crippen LogP contribution in [-0.4, -0.2) is 6.11 Å². The highest BCUT2D eigenvalue weighted by atomic mass is 19.3. The molecule has 0 aromatic heterocycles. The highest BCUT2D eigenvalue weighted by molar-refractivity contribution is 5.28. The average Bonchev–Trinajstić information content (AvgIpc) is 2.80. The zero-order valence-electron chi connectivity index (χ0n) is 19.9. The van der Waals surface area contributed by atoms with Gasteiger partial charge in [-0.1, -0.05) is 82.3 Å². The minimum absolute atomic E-state index is 0.232. The van der Waals surface area contributed by atoms with Gasteiger partial charge in [0.25, 0.3) is 0 Å². The zero-order chi connectivity index (χ0) is 22.8. The fourth-order valence-corrected chi connectivity index (χ4v) is 4.95. The third-order valence-corrected chi connectivity index (χ3v) is 6.95. The molecule has 0 aliphatic heterocycles. The van der Waals surface area contributed by atoms with Gasteiger partial charge in [0.05, 0.1) is 6.42 Å². The number of alkyl halides is 2. The highest BCUT2D eigenvalue weighted by Gasteiger charge is 2.31. The van der Waals surface area contributed by atoms with E-state index in [0.29, 0.717) is 12.3 Å². The minimum Gasteiger partial charge on any atom is -0.433 e. The van der Waals surface area contributed by atoms with Gasteiger partial charge in [0.2, 0.25) is 0 Å². The first-order valence-electron chi connectivity index (χ1n) is 12.7.